The lowest BCUT2D eigenvalue weighted by atomic mass is 9.82. The number of benzene rings is 8. The van der Waals surface area contributed by atoms with Crippen molar-refractivity contribution >= 4 is 103 Å². The fraction of sp³-hybridized carbons (Fsp3) is 0.0612. The van der Waals surface area contributed by atoms with E-state index in [4.69, 9.17) is 8.83 Å². The zero-order valence-electron chi connectivity index (χ0n) is 29.1. The van der Waals surface area contributed by atoms with E-state index in [1.54, 1.807) is 0 Å². The molecule has 8 aromatic carbocycles. The minimum Gasteiger partial charge on any atom is -0.456 e. The second-order valence-corrected chi connectivity index (χ2v) is 16.0. The number of para-hydroxylation sites is 1. The van der Waals surface area contributed by atoms with Gasteiger partial charge in [-0.15, -0.1) is 11.3 Å². The van der Waals surface area contributed by atoms with Gasteiger partial charge in [-0.05, 0) is 106 Å². The van der Waals surface area contributed by atoms with Gasteiger partial charge in [0.15, 0.2) is 0 Å². The van der Waals surface area contributed by atoms with Crippen molar-refractivity contribution in [1.29, 1.82) is 0 Å². The average molecular weight is 698 g/mol. The summed E-state index contributed by atoms with van der Waals surface area (Å²) >= 11 is 1.82. The summed E-state index contributed by atoms with van der Waals surface area (Å²) in [6, 6.07) is 55.1. The first-order valence-corrected chi connectivity index (χ1v) is 19.0. The smallest absolute Gasteiger partial charge is 0.144 e. The molecule has 0 radical (unpaired) electrons. The molecular formula is C49H31NO2S. The molecule has 11 aromatic rings. The number of nitrogens with zero attached hydrogens (tertiary/aromatic N) is 1. The van der Waals surface area contributed by atoms with E-state index >= 15 is 0 Å². The Bertz CT molecular complexity index is 3340. The molecule has 3 nitrogen and oxygen atoms in total. The number of furan rings is 2. The van der Waals surface area contributed by atoms with Gasteiger partial charge in [0, 0.05) is 70.3 Å². The van der Waals surface area contributed by atoms with Gasteiger partial charge in [-0.3, -0.25) is 0 Å². The molecule has 0 saturated carbocycles. The third kappa shape index (κ3) is 4.04. The third-order valence-electron chi connectivity index (χ3n) is 11.6. The first-order valence-electron chi connectivity index (χ1n) is 18.2. The zero-order valence-corrected chi connectivity index (χ0v) is 29.9. The number of hydrogen-bond donors (Lipinski definition) is 0. The summed E-state index contributed by atoms with van der Waals surface area (Å²) in [7, 11) is 0. The van der Waals surface area contributed by atoms with Crippen LogP contribution in [0.3, 0.4) is 0 Å². The van der Waals surface area contributed by atoms with Crippen molar-refractivity contribution in [2.75, 3.05) is 4.90 Å². The Labute approximate surface area is 308 Å². The average Bonchev–Trinajstić information content (AvgIpc) is 3.91. The molecule has 0 unspecified atom stereocenters. The normalized spacial score (nSPS) is 13.6. The lowest BCUT2D eigenvalue weighted by Gasteiger charge is -2.28. The van der Waals surface area contributed by atoms with Crippen LogP contribution in [-0.4, -0.2) is 0 Å². The van der Waals surface area contributed by atoms with E-state index < -0.39 is 0 Å². The van der Waals surface area contributed by atoms with Crippen molar-refractivity contribution in [3.63, 3.8) is 0 Å². The first-order chi connectivity index (χ1) is 26.0. The molecule has 53 heavy (non-hydrogen) atoms. The van der Waals surface area contributed by atoms with Crippen LogP contribution in [0, 0.1) is 0 Å². The van der Waals surface area contributed by atoms with Crippen LogP contribution in [0.5, 0.6) is 0 Å². The maximum atomic E-state index is 6.77. The van der Waals surface area contributed by atoms with Crippen LogP contribution in [0.2, 0.25) is 0 Å². The van der Waals surface area contributed by atoms with Gasteiger partial charge < -0.3 is 13.7 Å². The Morgan fingerprint density at radius 2 is 1.11 bits per heavy atom. The third-order valence-corrected chi connectivity index (χ3v) is 12.8. The van der Waals surface area contributed by atoms with E-state index in [0.717, 1.165) is 60.9 Å². The summed E-state index contributed by atoms with van der Waals surface area (Å²) in [4.78, 5) is 2.39. The molecule has 3 aromatic heterocycles. The number of anilines is 3. The van der Waals surface area contributed by atoms with Crippen molar-refractivity contribution in [2.24, 2.45) is 0 Å². The van der Waals surface area contributed by atoms with E-state index in [9.17, 15) is 0 Å². The highest BCUT2D eigenvalue weighted by Crippen LogP contribution is 2.51. The van der Waals surface area contributed by atoms with Crippen LogP contribution >= 0.6 is 11.3 Å². The molecule has 0 amide bonds. The van der Waals surface area contributed by atoms with Crippen LogP contribution in [0.15, 0.2) is 160 Å². The number of hydrogen-bond acceptors (Lipinski definition) is 4. The van der Waals surface area contributed by atoms with Crippen molar-refractivity contribution < 1.29 is 8.83 Å². The van der Waals surface area contributed by atoms with Gasteiger partial charge in [0.2, 0.25) is 0 Å². The summed E-state index contributed by atoms with van der Waals surface area (Å²) in [5.41, 5.74) is 12.1. The SMILES string of the molecule is CC1(C)c2ccccc2-c2ccc(N(c3ccc4c(c3)oc3ccccc34)c3ccc4sc5ccc6c7cc8ccccc8cc7oc6c5c4c3)cc21. The molecule has 0 N–H and O–H groups in total. The molecule has 1 aliphatic rings. The van der Waals surface area contributed by atoms with Crippen LogP contribution in [0.1, 0.15) is 25.0 Å². The Balaban J connectivity index is 1.10. The topological polar surface area (TPSA) is 29.5 Å². The molecule has 1 aliphatic carbocycles. The van der Waals surface area contributed by atoms with Gasteiger partial charge in [-0.2, -0.15) is 0 Å². The first kappa shape index (κ1) is 29.2. The highest BCUT2D eigenvalue weighted by molar-refractivity contribution is 7.26. The van der Waals surface area contributed by atoms with Crippen molar-refractivity contribution in [3.05, 3.63) is 163 Å². The minimum atomic E-state index is -0.123. The van der Waals surface area contributed by atoms with Gasteiger partial charge in [0.05, 0.1) is 0 Å². The van der Waals surface area contributed by atoms with Gasteiger partial charge in [0.25, 0.3) is 0 Å². The summed E-state index contributed by atoms with van der Waals surface area (Å²) in [6.45, 7) is 4.69. The fourth-order valence-corrected chi connectivity index (χ4v) is 10.1. The molecule has 4 heteroatoms. The monoisotopic (exact) mass is 697 g/mol. The maximum absolute atomic E-state index is 6.77. The van der Waals surface area contributed by atoms with E-state index in [1.165, 1.54) is 53.2 Å². The second kappa shape index (κ2) is 10.4. The van der Waals surface area contributed by atoms with E-state index in [-0.39, 0.29) is 5.41 Å². The van der Waals surface area contributed by atoms with E-state index in [2.05, 4.69) is 158 Å². The van der Waals surface area contributed by atoms with Crippen LogP contribution < -0.4 is 4.90 Å². The number of thiophene rings is 1. The molecule has 0 aliphatic heterocycles. The molecule has 0 saturated heterocycles. The molecule has 250 valence electrons. The predicted octanol–water partition coefficient (Wildman–Crippen LogP) is 14.8. The largest absolute Gasteiger partial charge is 0.456 e. The van der Waals surface area contributed by atoms with E-state index in [0.29, 0.717) is 0 Å². The van der Waals surface area contributed by atoms with Gasteiger partial charge in [0.1, 0.15) is 22.3 Å². The standard InChI is InChI=1S/C49H31NO2S/c1-49(2)40-13-7-5-11-33(40)34-18-15-31(26-41(34)49)50(32-16-19-36-35-12-6-8-14-42(35)51-44(36)27-32)30-17-21-45-39(25-30)47-46(53-45)22-20-37-38-23-28-9-3-4-10-29(28)24-43(38)52-48(37)47/h3-27H,1-2H3. The Morgan fingerprint density at radius 1 is 0.453 bits per heavy atom. The van der Waals surface area contributed by atoms with Crippen LogP contribution in [0.4, 0.5) is 17.1 Å². The lowest BCUT2D eigenvalue weighted by molar-refractivity contribution is 0.660. The summed E-state index contributed by atoms with van der Waals surface area (Å²) in [5.74, 6) is 0. The second-order valence-electron chi connectivity index (χ2n) is 14.9. The minimum absolute atomic E-state index is 0.123. The molecule has 0 atom stereocenters. The van der Waals surface area contributed by atoms with Gasteiger partial charge in [-0.1, -0.05) is 86.6 Å². The van der Waals surface area contributed by atoms with Crippen LogP contribution in [-0.2, 0) is 5.41 Å². The van der Waals surface area contributed by atoms with Gasteiger partial charge in [-0.25, -0.2) is 0 Å². The molecule has 0 fully saturated rings. The number of fused-ring (bicyclic) bond motifs is 14. The zero-order chi connectivity index (χ0) is 35.0. The molecular weight excluding hydrogens is 667 g/mol. The molecule has 0 bridgehead atoms. The summed E-state index contributed by atoms with van der Waals surface area (Å²) in [6.07, 6.45) is 0. The Morgan fingerprint density at radius 3 is 2.04 bits per heavy atom. The summed E-state index contributed by atoms with van der Waals surface area (Å²) < 4.78 is 15.7. The van der Waals surface area contributed by atoms with Crippen molar-refractivity contribution in [2.45, 2.75) is 19.3 Å². The highest BCUT2D eigenvalue weighted by atomic mass is 32.1. The van der Waals surface area contributed by atoms with E-state index in [1.807, 2.05) is 23.5 Å². The van der Waals surface area contributed by atoms with Crippen molar-refractivity contribution in [3.8, 4) is 11.1 Å². The summed E-state index contributed by atoms with van der Waals surface area (Å²) in [5, 5.41) is 9.32. The maximum Gasteiger partial charge on any atom is 0.144 e. The molecule has 0 spiro atoms. The Kier molecular flexibility index (Phi) is 5.72. The molecule has 12 rings (SSSR count). The fourth-order valence-electron chi connectivity index (χ4n) is 9.04. The van der Waals surface area contributed by atoms with Crippen LogP contribution in [0.25, 0.3) is 85.9 Å². The Hall–Kier alpha value is -6.36. The molecule has 3 heterocycles. The quantitative estimate of drug-likeness (QED) is 0.184. The lowest BCUT2D eigenvalue weighted by Crippen LogP contribution is -2.16. The predicted molar refractivity (Wildman–Crippen MR) is 224 cm³/mol. The van der Waals surface area contributed by atoms with Gasteiger partial charge >= 0.3 is 0 Å². The highest BCUT2D eigenvalue weighted by Gasteiger charge is 2.35. The van der Waals surface area contributed by atoms with Crippen molar-refractivity contribution in [1.82, 2.24) is 0 Å². The number of rotatable bonds is 3.